The summed E-state index contributed by atoms with van der Waals surface area (Å²) in [6, 6.07) is 23.5. The molecule has 2 N–H and O–H groups in total. The Morgan fingerprint density at radius 2 is 1.07 bits per heavy atom. The van der Waals surface area contributed by atoms with Gasteiger partial charge in [-0.05, 0) is 62.7 Å². The molecular weight excluding hydrogens is 698 g/mol. The fourth-order valence-corrected chi connectivity index (χ4v) is 7.81. The Hall–Kier alpha value is -3.53. The molecule has 43 heavy (non-hydrogen) atoms. The summed E-state index contributed by atoms with van der Waals surface area (Å²) >= 11 is 14.9. The number of alkyl halides is 2. The number of nitrogens with zero attached hydrogens (tertiary/aromatic N) is 2. The van der Waals surface area contributed by atoms with Gasteiger partial charge < -0.3 is 20.0 Å². The first kappa shape index (κ1) is 28.3. The van der Waals surface area contributed by atoms with Crippen LogP contribution in [0.4, 0.5) is 11.4 Å². The molecule has 2 heterocycles. The van der Waals surface area contributed by atoms with Crippen LogP contribution in [-0.4, -0.2) is 46.9 Å². The number of fused-ring (bicyclic) bond motifs is 6. The van der Waals surface area contributed by atoms with Gasteiger partial charge in [0.25, 0.3) is 11.8 Å². The van der Waals surface area contributed by atoms with Crippen LogP contribution in [0.5, 0.6) is 11.5 Å². The third kappa shape index (κ3) is 4.51. The molecule has 2 amide bonds. The maximum atomic E-state index is 14.1. The molecule has 9 heteroatoms. The van der Waals surface area contributed by atoms with Gasteiger partial charge in [-0.1, -0.05) is 48.5 Å². The fourth-order valence-electron chi connectivity index (χ4n) is 6.64. The minimum atomic E-state index is -0.278. The van der Waals surface area contributed by atoms with Crippen molar-refractivity contribution in [1.29, 1.82) is 0 Å². The lowest BCUT2D eigenvalue weighted by atomic mass is 9.95. The number of carbonyl (C=O) groups excluding carboxylic acids is 2. The highest BCUT2D eigenvalue weighted by Crippen LogP contribution is 2.47. The number of amides is 2. The van der Waals surface area contributed by atoms with Gasteiger partial charge in [0.05, 0.1) is 11.4 Å². The monoisotopic (exact) mass is 722 g/mol. The lowest BCUT2D eigenvalue weighted by Crippen LogP contribution is -2.32. The number of rotatable bonds is 4. The molecule has 7 rings (SSSR count). The molecule has 5 aromatic rings. The zero-order valence-electron chi connectivity index (χ0n) is 22.7. The van der Waals surface area contributed by atoms with Gasteiger partial charge in [0.1, 0.15) is 11.5 Å². The largest absolute Gasteiger partial charge is 0.507 e. The number of halogens is 3. The molecule has 2 unspecified atom stereocenters. The van der Waals surface area contributed by atoms with Gasteiger partial charge in [0.15, 0.2) is 0 Å². The molecule has 0 bridgehead atoms. The van der Waals surface area contributed by atoms with Crippen LogP contribution < -0.4 is 9.80 Å². The second-order valence-electron chi connectivity index (χ2n) is 11.0. The zero-order valence-corrected chi connectivity index (χ0v) is 26.4. The van der Waals surface area contributed by atoms with Crippen LogP contribution >= 0.6 is 45.8 Å². The predicted octanol–water partition coefficient (Wildman–Crippen LogP) is 7.97. The van der Waals surface area contributed by atoms with E-state index in [0.717, 1.165) is 25.5 Å². The van der Waals surface area contributed by atoms with E-state index in [1.807, 2.05) is 48.5 Å². The van der Waals surface area contributed by atoms with E-state index in [9.17, 15) is 19.8 Å². The minimum absolute atomic E-state index is 0.0956. The van der Waals surface area contributed by atoms with Crippen molar-refractivity contribution in [2.45, 2.75) is 11.8 Å². The number of hydrogen-bond donors (Lipinski definition) is 2. The van der Waals surface area contributed by atoms with Crippen molar-refractivity contribution < 1.29 is 19.8 Å². The highest BCUT2D eigenvalue weighted by atomic mass is 127. The second kappa shape index (κ2) is 10.9. The maximum absolute atomic E-state index is 14.1. The lowest BCUT2D eigenvalue weighted by Gasteiger charge is -2.21. The van der Waals surface area contributed by atoms with Crippen molar-refractivity contribution in [2.75, 3.05) is 34.6 Å². The van der Waals surface area contributed by atoms with Crippen molar-refractivity contribution in [3.8, 4) is 11.5 Å². The Morgan fingerprint density at radius 1 is 0.674 bits per heavy atom. The molecule has 0 saturated heterocycles. The Morgan fingerprint density at radius 3 is 1.47 bits per heavy atom. The van der Waals surface area contributed by atoms with E-state index >= 15 is 0 Å². The first-order valence-corrected chi connectivity index (χ1v) is 16.0. The molecule has 2 aliphatic rings. The maximum Gasteiger partial charge on any atom is 0.258 e. The summed E-state index contributed by atoms with van der Waals surface area (Å²) in [5.74, 6) is 0.0624. The van der Waals surface area contributed by atoms with E-state index in [-0.39, 0.29) is 35.1 Å². The van der Waals surface area contributed by atoms with Crippen LogP contribution in [0.1, 0.15) is 43.7 Å². The summed E-state index contributed by atoms with van der Waals surface area (Å²) in [6.45, 7) is 0.728. The van der Waals surface area contributed by atoms with Crippen molar-refractivity contribution in [1.82, 2.24) is 0 Å². The van der Waals surface area contributed by atoms with Gasteiger partial charge >= 0.3 is 0 Å². The molecule has 0 spiro atoms. The van der Waals surface area contributed by atoms with Gasteiger partial charge in [0.2, 0.25) is 0 Å². The Balaban J connectivity index is 1.28. The van der Waals surface area contributed by atoms with Crippen molar-refractivity contribution in [3.05, 3.63) is 105 Å². The van der Waals surface area contributed by atoms with Crippen LogP contribution in [0, 0.1) is 3.57 Å². The van der Waals surface area contributed by atoms with E-state index in [4.69, 9.17) is 23.2 Å². The van der Waals surface area contributed by atoms with E-state index in [0.29, 0.717) is 58.1 Å². The smallest absolute Gasteiger partial charge is 0.258 e. The van der Waals surface area contributed by atoms with Gasteiger partial charge in [-0.3, -0.25) is 9.59 Å². The molecule has 2 aliphatic heterocycles. The Labute approximate surface area is 271 Å². The van der Waals surface area contributed by atoms with E-state index in [1.54, 1.807) is 40.1 Å². The molecule has 0 fully saturated rings. The average Bonchev–Trinajstić information content (AvgIpc) is 3.58. The second-order valence-corrected chi connectivity index (χ2v) is 12.9. The van der Waals surface area contributed by atoms with Gasteiger partial charge in [-0.25, -0.2) is 0 Å². The Bertz CT molecular complexity index is 1840. The molecule has 0 aromatic heterocycles. The standard InChI is InChI=1S/C34H25Cl2IN2O4/c35-14-20-16-38(27-12-29(40)23-5-1-3-7-25(23)31(20)27)33(42)18-9-19(11-22(37)10-18)34(43)39-17-21(15-36)32-26-8-4-2-6-24(26)30(41)13-28(32)39/h1-13,20-21,40-41H,14-17H2. The third-order valence-electron chi connectivity index (χ3n) is 8.54. The lowest BCUT2D eigenvalue weighted by molar-refractivity contribution is 0.0987. The number of aromatic hydroxyl groups is 2. The minimum Gasteiger partial charge on any atom is -0.507 e. The highest BCUT2D eigenvalue weighted by molar-refractivity contribution is 14.1. The molecular formula is C34H25Cl2IN2O4. The highest BCUT2D eigenvalue weighted by Gasteiger charge is 2.37. The first-order valence-electron chi connectivity index (χ1n) is 13.9. The molecule has 0 aliphatic carbocycles. The SMILES string of the molecule is O=C(c1cc(I)cc(C(=O)N2CC(CCl)c3c2cc(O)c2ccccc32)c1)N1CC(CCl)c2c1cc(O)c1ccccc21. The summed E-state index contributed by atoms with van der Waals surface area (Å²) in [4.78, 5) is 31.4. The summed E-state index contributed by atoms with van der Waals surface area (Å²) in [6.07, 6.45) is 0. The molecule has 6 nitrogen and oxygen atoms in total. The topological polar surface area (TPSA) is 81.1 Å². The summed E-state index contributed by atoms with van der Waals surface area (Å²) in [7, 11) is 0. The van der Waals surface area contributed by atoms with Crippen LogP contribution in [0.3, 0.4) is 0 Å². The molecule has 0 saturated carbocycles. The fraction of sp³-hybridized carbons (Fsp3) is 0.176. The molecule has 5 aromatic carbocycles. The van der Waals surface area contributed by atoms with E-state index in [2.05, 4.69) is 22.6 Å². The average molecular weight is 723 g/mol. The zero-order chi connectivity index (χ0) is 30.0. The van der Waals surface area contributed by atoms with Crippen molar-refractivity contribution in [2.24, 2.45) is 0 Å². The summed E-state index contributed by atoms with van der Waals surface area (Å²) in [5, 5.41) is 24.8. The van der Waals surface area contributed by atoms with E-state index in [1.165, 1.54) is 0 Å². The van der Waals surface area contributed by atoms with Crippen LogP contribution in [-0.2, 0) is 0 Å². The van der Waals surface area contributed by atoms with E-state index < -0.39 is 0 Å². The quantitative estimate of drug-likeness (QED) is 0.146. The molecule has 2 atom stereocenters. The number of phenolic OH excluding ortho intramolecular Hbond substituents is 2. The van der Waals surface area contributed by atoms with Crippen LogP contribution in [0.2, 0.25) is 0 Å². The normalized spacial score (nSPS) is 17.5. The summed E-state index contributed by atoms with van der Waals surface area (Å²) < 4.78 is 0.733. The number of anilines is 2. The van der Waals surface area contributed by atoms with Gasteiger partial charge in [-0.2, -0.15) is 0 Å². The van der Waals surface area contributed by atoms with Gasteiger partial charge in [0, 0.05) is 74.3 Å². The van der Waals surface area contributed by atoms with Crippen LogP contribution in [0.15, 0.2) is 78.9 Å². The van der Waals surface area contributed by atoms with Gasteiger partial charge in [-0.15, -0.1) is 23.2 Å². The first-order chi connectivity index (χ1) is 20.8. The predicted molar refractivity (Wildman–Crippen MR) is 181 cm³/mol. The number of hydrogen-bond acceptors (Lipinski definition) is 4. The number of benzene rings is 5. The Kier molecular flexibility index (Phi) is 7.15. The third-order valence-corrected chi connectivity index (χ3v) is 9.91. The summed E-state index contributed by atoms with van der Waals surface area (Å²) in [5.41, 5.74) is 3.84. The van der Waals surface area contributed by atoms with Crippen molar-refractivity contribution in [3.63, 3.8) is 0 Å². The number of carbonyl (C=O) groups is 2. The molecule has 216 valence electrons. The molecule has 0 radical (unpaired) electrons. The van der Waals surface area contributed by atoms with Crippen molar-refractivity contribution >= 4 is 90.5 Å². The van der Waals surface area contributed by atoms with Crippen LogP contribution in [0.25, 0.3) is 21.5 Å². The number of phenols is 2.